The number of nitrogens with two attached hydrogens (primary N) is 1. The molecule has 7 heteroatoms. The maximum absolute atomic E-state index is 11.6. The van der Waals surface area contributed by atoms with Crippen LogP contribution in [0.3, 0.4) is 0 Å². The number of rotatable bonds is 4. The van der Waals surface area contributed by atoms with Crippen molar-refractivity contribution in [1.29, 1.82) is 0 Å². The summed E-state index contributed by atoms with van der Waals surface area (Å²) >= 11 is 6.18. The van der Waals surface area contributed by atoms with Crippen LogP contribution in [-0.2, 0) is 16.0 Å². The highest BCUT2D eigenvalue weighted by Crippen LogP contribution is 2.26. The molecule has 1 atom stereocenters. The Balaban J connectivity index is 2.40. The van der Waals surface area contributed by atoms with Crippen molar-refractivity contribution in [2.45, 2.75) is 32.7 Å². The highest BCUT2D eigenvalue weighted by molar-refractivity contribution is 6.30. The van der Waals surface area contributed by atoms with Crippen molar-refractivity contribution in [3.05, 3.63) is 16.5 Å². The van der Waals surface area contributed by atoms with Crippen LogP contribution in [-0.4, -0.2) is 41.7 Å². The normalized spacial score (nSPS) is 19.1. The number of carbonyl (C=O) groups is 1. The number of aryl methyl sites for hydroxylation is 1. The Morgan fingerprint density at radius 1 is 1.55 bits per heavy atom. The van der Waals surface area contributed by atoms with Crippen molar-refractivity contribution in [3.8, 4) is 0 Å². The van der Waals surface area contributed by atoms with Crippen LogP contribution in [0.2, 0.25) is 5.15 Å². The second-order valence-corrected chi connectivity index (χ2v) is 5.17. The molecule has 0 bridgehead atoms. The summed E-state index contributed by atoms with van der Waals surface area (Å²) in [5.74, 6) is 0.948. The summed E-state index contributed by atoms with van der Waals surface area (Å²) in [6, 6.07) is -0.511. The quantitative estimate of drug-likeness (QED) is 0.841. The highest BCUT2D eigenvalue weighted by atomic mass is 35.5. The maximum atomic E-state index is 11.6. The summed E-state index contributed by atoms with van der Waals surface area (Å²) in [4.78, 5) is 22.3. The first-order valence-electron chi connectivity index (χ1n) is 6.71. The summed E-state index contributed by atoms with van der Waals surface area (Å²) in [5, 5.41) is 0.424. The molecule has 1 aromatic rings. The van der Waals surface area contributed by atoms with Crippen LogP contribution < -0.4 is 10.6 Å². The van der Waals surface area contributed by atoms with Crippen LogP contribution in [0.1, 0.15) is 24.7 Å². The van der Waals surface area contributed by atoms with Crippen LogP contribution in [0.4, 0.5) is 5.82 Å². The van der Waals surface area contributed by atoms with Crippen LogP contribution >= 0.6 is 11.6 Å². The predicted octanol–water partition coefficient (Wildman–Crippen LogP) is 1.08. The Morgan fingerprint density at radius 2 is 2.30 bits per heavy atom. The molecular weight excluding hydrogens is 280 g/mol. The number of carbonyl (C=O) groups excluding carboxylic acids is 1. The van der Waals surface area contributed by atoms with Crippen molar-refractivity contribution in [1.82, 2.24) is 9.97 Å². The van der Waals surface area contributed by atoms with E-state index in [9.17, 15) is 4.79 Å². The van der Waals surface area contributed by atoms with E-state index in [2.05, 4.69) is 16.9 Å². The van der Waals surface area contributed by atoms with Gasteiger partial charge in [0.05, 0.1) is 13.2 Å². The van der Waals surface area contributed by atoms with Gasteiger partial charge in [-0.1, -0.05) is 18.5 Å². The molecule has 2 N–H and O–H groups in total. The summed E-state index contributed by atoms with van der Waals surface area (Å²) in [5.41, 5.74) is 6.21. The number of ether oxygens (including phenoxy) is 1. The van der Waals surface area contributed by atoms with Gasteiger partial charge in [-0.2, -0.15) is 0 Å². The second-order valence-electron chi connectivity index (χ2n) is 4.82. The van der Waals surface area contributed by atoms with E-state index in [1.807, 2.05) is 11.8 Å². The summed E-state index contributed by atoms with van der Waals surface area (Å²) in [6.45, 7) is 5.28. The topological polar surface area (TPSA) is 81.3 Å². The molecule has 6 nitrogen and oxygen atoms in total. The predicted molar refractivity (Wildman–Crippen MR) is 76.9 cm³/mol. The molecule has 1 fully saturated rings. The maximum Gasteiger partial charge on any atom is 0.242 e. The first kappa shape index (κ1) is 15.0. The van der Waals surface area contributed by atoms with Gasteiger partial charge in [0, 0.05) is 18.5 Å². The molecule has 110 valence electrons. The zero-order valence-corrected chi connectivity index (χ0v) is 12.5. The molecule has 1 aliphatic heterocycles. The smallest absolute Gasteiger partial charge is 0.242 e. The molecule has 2 rings (SSSR count). The third-order valence-corrected chi connectivity index (χ3v) is 3.68. The van der Waals surface area contributed by atoms with Gasteiger partial charge in [-0.15, -0.1) is 0 Å². The lowest BCUT2D eigenvalue weighted by atomic mass is 10.2. The summed E-state index contributed by atoms with van der Waals surface area (Å²) in [6.07, 6.45) is 1.68. The third kappa shape index (κ3) is 3.02. The van der Waals surface area contributed by atoms with Gasteiger partial charge >= 0.3 is 0 Å². The number of amides is 1. The van der Waals surface area contributed by atoms with Gasteiger partial charge in [0.25, 0.3) is 0 Å². The number of primary amides is 1. The van der Waals surface area contributed by atoms with E-state index < -0.39 is 11.9 Å². The number of hydrogen-bond donors (Lipinski definition) is 1. The lowest BCUT2D eigenvalue weighted by Gasteiger charge is -2.35. The van der Waals surface area contributed by atoms with E-state index >= 15 is 0 Å². The van der Waals surface area contributed by atoms with Crippen molar-refractivity contribution in [2.75, 3.05) is 24.7 Å². The second kappa shape index (κ2) is 6.37. The van der Waals surface area contributed by atoms with Crippen molar-refractivity contribution in [3.63, 3.8) is 0 Å². The van der Waals surface area contributed by atoms with E-state index in [4.69, 9.17) is 22.1 Å². The highest BCUT2D eigenvalue weighted by Gasteiger charge is 2.30. The molecule has 1 unspecified atom stereocenters. The average molecular weight is 299 g/mol. The van der Waals surface area contributed by atoms with Crippen LogP contribution in [0, 0.1) is 6.92 Å². The molecule has 1 aliphatic rings. The fourth-order valence-corrected chi connectivity index (χ4v) is 2.41. The molecule has 20 heavy (non-hydrogen) atoms. The summed E-state index contributed by atoms with van der Waals surface area (Å²) < 4.78 is 5.32. The lowest BCUT2D eigenvalue weighted by Crippen LogP contribution is -2.53. The van der Waals surface area contributed by atoms with Crippen molar-refractivity contribution >= 4 is 23.3 Å². The SMILES string of the molecule is CCCc1nc(Cl)c(C)c(N2CCOCC2C(N)=O)n1. The Morgan fingerprint density at radius 3 is 2.95 bits per heavy atom. The van der Waals surface area contributed by atoms with E-state index in [1.54, 1.807) is 0 Å². The standard InChI is InChI=1S/C13H19ClN4O2/c1-3-4-10-16-11(14)8(2)13(17-10)18-5-6-20-7-9(18)12(15)19/h9H,3-7H2,1-2H3,(H2,15,19). The van der Waals surface area contributed by atoms with E-state index in [0.29, 0.717) is 29.9 Å². The van der Waals surface area contributed by atoms with Crippen LogP contribution in [0.15, 0.2) is 0 Å². The van der Waals surface area contributed by atoms with Gasteiger partial charge in [-0.3, -0.25) is 4.79 Å². The minimum Gasteiger partial charge on any atom is -0.377 e. The van der Waals surface area contributed by atoms with Gasteiger partial charge in [0.1, 0.15) is 22.8 Å². The number of morpholine rings is 1. The van der Waals surface area contributed by atoms with E-state index in [1.165, 1.54) is 0 Å². The number of anilines is 1. The Kier molecular flexibility index (Phi) is 4.77. The fourth-order valence-electron chi connectivity index (χ4n) is 2.23. The number of halogens is 1. The minimum absolute atomic E-state index is 0.277. The van der Waals surface area contributed by atoms with Crippen LogP contribution in [0.5, 0.6) is 0 Å². The van der Waals surface area contributed by atoms with E-state index in [0.717, 1.165) is 18.4 Å². The lowest BCUT2D eigenvalue weighted by molar-refractivity contribution is -0.121. The first-order chi connectivity index (χ1) is 9.54. The molecule has 1 saturated heterocycles. The first-order valence-corrected chi connectivity index (χ1v) is 7.09. The molecule has 0 spiro atoms. The van der Waals surface area contributed by atoms with Crippen molar-refractivity contribution < 1.29 is 9.53 Å². The average Bonchev–Trinajstić information content (AvgIpc) is 2.43. The molecule has 1 aromatic heterocycles. The monoisotopic (exact) mass is 298 g/mol. The molecule has 2 heterocycles. The van der Waals surface area contributed by atoms with Crippen LogP contribution in [0.25, 0.3) is 0 Å². The fraction of sp³-hybridized carbons (Fsp3) is 0.615. The third-order valence-electron chi connectivity index (χ3n) is 3.31. The number of nitrogens with zero attached hydrogens (tertiary/aromatic N) is 3. The van der Waals surface area contributed by atoms with Gasteiger partial charge in [-0.05, 0) is 13.3 Å². The van der Waals surface area contributed by atoms with E-state index in [-0.39, 0.29) is 6.61 Å². The molecule has 0 saturated carbocycles. The molecule has 0 aliphatic carbocycles. The zero-order chi connectivity index (χ0) is 14.7. The molecular formula is C13H19ClN4O2. The summed E-state index contributed by atoms with van der Waals surface area (Å²) in [7, 11) is 0. The zero-order valence-electron chi connectivity index (χ0n) is 11.7. The Hall–Kier alpha value is -1.40. The molecule has 0 aromatic carbocycles. The molecule has 0 radical (unpaired) electrons. The Bertz CT molecular complexity index is 509. The van der Waals surface area contributed by atoms with Gasteiger partial charge in [0.15, 0.2) is 0 Å². The largest absolute Gasteiger partial charge is 0.377 e. The minimum atomic E-state index is -0.511. The van der Waals surface area contributed by atoms with Crippen molar-refractivity contribution in [2.24, 2.45) is 5.73 Å². The van der Waals surface area contributed by atoms with Gasteiger partial charge in [0.2, 0.25) is 5.91 Å². The van der Waals surface area contributed by atoms with Gasteiger partial charge < -0.3 is 15.4 Å². The van der Waals surface area contributed by atoms with Gasteiger partial charge in [-0.25, -0.2) is 9.97 Å². The molecule has 1 amide bonds. The number of aromatic nitrogens is 2. The Labute approximate surface area is 123 Å². The number of hydrogen-bond acceptors (Lipinski definition) is 5.